The average molecular weight is 242 g/mol. The summed E-state index contributed by atoms with van der Waals surface area (Å²) in [5.41, 5.74) is 2.05. The first kappa shape index (κ1) is 12.7. The molecule has 0 bridgehead atoms. The first-order valence-corrected chi connectivity index (χ1v) is 6.09. The van der Waals surface area contributed by atoms with E-state index in [1.54, 1.807) is 7.11 Å². The van der Waals surface area contributed by atoms with Crippen molar-refractivity contribution in [3.63, 3.8) is 0 Å². The van der Waals surface area contributed by atoms with E-state index in [1.807, 2.05) is 61.5 Å². The van der Waals surface area contributed by atoms with Gasteiger partial charge >= 0.3 is 0 Å². The highest BCUT2D eigenvalue weighted by Crippen LogP contribution is 2.31. The van der Waals surface area contributed by atoms with E-state index in [0.717, 1.165) is 16.9 Å². The maximum Gasteiger partial charge on any atom is 0.118 e. The summed E-state index contributed by atoms with van der Waals surface area (Å²) in [6, 6.07) is 17.6. The third kappa shape index (κ3) is 2.71. The summed E-state index contributed by atoms with van der Waals surface area (Å²) < 4.78 is 5.13. The lowest BCUT2D eigenvalue weighted by Gasteiger charge is -2.19. The van der Waals surface area contributed by atoms with Gasteiger partial charge in [-0.05, 0) is 23.3 Å². The standard InChI is InChI=1S/C16H18O2/c1-12(13-8-10-15(18-2)11-9-13)16(17)14-6-4-3-5-7-14/h3-12,16-17H,1-2H3. The molecular formula is C16H18O2. The van der Waals surface area contributed by atoms with Gasteiger partial charge in [-0.2, -0.15) is 0 Å². The first-order valence-electron chi connectivity index (χ1n) is 6.09. The largest absolute Gasteiger partial charge is 0.497 e. The molecule has 1 N–H and O–H groups in total. The molecule has 18 heavy (non-hydrogen) atoms. The topological polar surface area (TPSA) is 29.5 Å². The van der Waals surface area contributed by atoms with Crippen molar-refractivity contribution in [2.45, 2.75) is 18.9 Å². The van der Waals surface area contributed by atoms with Crippen LogP contribution in [0.5, 0.6) is 5.75 Å². The van der Waals surface area contributed by atoms with Gasteiger partial charge in [0.05, 0.1) is 13.2 Å². The molecule has 2 unspecified atom stereocenters. The van der Waals surface area contributed by atoms with Crippen molar-refractivity contribution in [1.82, 2.24) is 0 Å². The molecule has 0 aliphatic heterocycles. The number of hydrogen-bond acceptors (Lipinski definition) is 2. The van der Waals surface area contributed by atoms with Gasteiger partial charge in [0.1, 0.15) is 5.75 Å². The number of methoxy groups -OCH3 is 1. The number of ether oxygens (including phenoxy) is 1. The molecule has 0 saturated heterocycles. The summed E-state index contributed by atoms with van der Waals surface area (Å²) in [6.45, 7) is 2.03. The molecule has 2 heteroatoms. The van der Waals surface area contributed by atoms with Crippen molar-refractivity contribution in [3.05, 3.63) is 65.7 Å². The molecular weight excluding hydrogens is 224 g/mol. The molecule has 0 aromatic heterocycles. The van der Waals surface area contributed by atoms with Crippen LogP contribution in [0.4, 0.5) is 0 Å². The van der Waals surface area contributed by atoms with Crippen LogP contribution >= 0.6 is 0 Å². The lowest BCUT2D eigenvalue weighted by atomic mass is 9.91. The molecule has 0 aliphatic rings. The van der Waals surface area contributed by atoms with E-state index in [4.69, 9.17) is 4.74 Å². The van der Waals surface area contributed by atoms with E-state index in [9.17, 15) is 5.11 Å². The Morgan fingerprint density at radius 1 is 0.889 bits per heavy atom. The number of hydrogen-bond donors (Lipinski definition) is 1. The van der Waals surface area contributed by atoms with Crippen LogP contribution in [-0.2, 0) is 0 Å². The van der Waals surface area contributed by atoms with Crippen LogP contribution in [-0.4, -0.2) is 12.2 Å². The molecule has 0 aliphatic carbocycles. The maximum absolute atomic E-state index is 10.3. The Kier molecular flexibility index (Phi) is 4.00. The second-order valence-corrected chi connectivity index (χ2v) is 4.42. The zero-order valence-corrected chi connectivity index (χ0v) is 10.7. The minimum Gasteiger partial charge on any atom is -0.497 e. The van der Waals surface area contributed by atoms with E-state index in [1.165, 1.54) is 0 Å². The maximum atomic E-state index is 10.3. The molecule has 0 saturated carbocycles. The SMILES string of the molecule is COc1ccc(C(C)C(O)c2ccccc2)cc1. The molecule has 2 atom stereocenters. The van der Waals surface area contributed by atoms with E-state index in [0.29, 0.717) is 0 Å². The third-order valence-corrected chi connectivity index (χ3v) is 3.26. The number of aliphatic hydroxyl groups excluding tert-OH is 1. The summed E-state index contributed by atoms with van der Waals surface area (Å²) in [6.07, 6.45) is -0.486. The Bertz CT molecular complexity index is 476. The highest BCUT2D eigenvalue weighted by Gasteiger charge is 2.17. The Morgan fingerprint density at radius 2 is 1.50 bits per heavy atom. The van der Waals surface area contributed by atoms with Crippen molar-refractivity contribution >= 4 is 0 Å². The van der Waals surface area contributed by atoms with E-state index in [2.05, 4.69) is 0 Å². The number of aliphatic hydroxyl groups is 1. The van der Waals surface area contributed by atoms with Gasteiger partial charge in [-0.1, -0.05) is 49.4 Å². The molecule has 0 spiro atoms. The minimum atomic E-state index is -0.486. The second kappa shape index (κ2) is 5.69. The first-order chi connectivity index (χ1) is 8.72. The smallest absolute Gasteiger partial charge is 0.118 e. The van der Waals surface area contributed by atoms with Crippen LogP contribution in [0.15, 0.2) is 54.6 Å². The molecule has 0 heterocycles. The summed E-state index contributed by atoms with van der Waals surface area (Å²) in [7, 11) is 1.65. The molecule has 0 fully saturated rings. The van der Waals surface area contributed by atoms with Gasteiger partial charge in [0.2, 0.25) is 0 Å². The summed E-state index contributed by atoms with van der Waals surface area (Å²) >= 11 is 0. The predicted octanol–water partition coefficient (Wildman–Crippen LogP) is 3.53. The van der Waals surface area contributed by atoms with E-state index >= 15 is 0 Å². The molecule has 2 nitrogen and oxygen atoms in total. The third-order valence-electron chi connectivity index (χ3n) is 3.26. The lowest BCUT2D eigenvalue weighted by molar-refractivity contribution is 0.151. The van der Waals surface area contributed by atoms with Gasteiger partial charge < -0.3 is 9.84 Å². The van der Waals surface area contributed by atoms with Crippen LogP contribution in [0.1, 0.15) is 30.1 Å². The van der Waals surface area contributed by atoms with Crippen LogP contribution in [0.2, 0.25) is 0 Å². The number of benzene rings is 2. The van der Waals surface area contributed by atoms with Crippen LogP contribution in [0.3, 0.4) is 0 Å². The molecule has 2 aromatic rings. The van der Waals surface area contributed by atoms with Gasteiger partial charge in [-0.25, -0.2) is 0 Å². The van der Waals surface area contributed by atoms with Crippen molar-refractivity contribution in [3.8, 4) is 5.75 Å². The Labute approximate surface area is 108 Å². The van der Waals surface area contributed by atoms with Gasteiger partial charge in [0.15, 0.2) is 0 Å². The van der Waals surface area contributed by atoms with Crippen molar-refractivity contribution in [1.29, 1.82) is 0 Å². The van der Waals surface area contributed by atoms with Crippen LogP contribution in [0.25, 0.3) is 0 Å². The van der Waals surface area contributed by atoms with Crippen molar-refractivity contribution in [2.24, 2.45) is 0 Å². The molecule has 0 radical (unpaired) electrons. The highest BCUT2D eigenvalue weighted by atomic mass is 16.5. The van der Waals surface area contributed by atoms with Gasteiger partial charge in [0, 0.05) is 5.92 Å². The monoisotopic (exact) mass is 242 g/mol. The average Bonchev–Trinajstić information content (AvgIpc) is 2.47. The summed E-state index contributed by atoms with van der Waals surface area (Å²) in [4.78, 5) is 0. The van der Waals surface area contributed by atoms with E-state index < -0.39 is 6.10 Å². The highest BCUT2D eigenvalue weighted by molar-refractivity contribution is 5.31. The number of rotatable bonds is 4. The lowest BCUT2D eigenvalue weighted by Crippen LogP contribution is -2.07. The zero-order chi connectivity index (χ0) is 13.0. The van der Waals surface area contributed by atoms with Gasteiger partial charge in [0.25, 0.3) is 0 Å². The zero-order valence-electron chi connectivity index (χ0n) is 10.7. The van der Waals surface area contributed by atoms with Gasteiger partial charge in [-0.15, -0.1) is 0 Å². The predicted molar refractivity (Wildman–Crippen MR) is 72.8 cm³/mol. The van der Waals surface area contributed by atoms with Crippen molar-refractivity contribution in [2.75, 3.05) is 7.11 Å². The normalized spacial score (nSPS) is 13.9. The fourth-order valence-corrected chi connectivity index (χ4v) is 2.03. The Balaban J connectivity index is 2.17. The summed E-state index contributed by atoms with van der Waals surface area (Å²) in [5, 5.41) is 10.3. The molecule has 2 rings (SSSR count). The Morgan fingerprint density at radius 3 is 2.06 bits per heavy atom. The quantitative estimate of drug-likeness (QED) is 0.888. The molecule has 94 valence electrons. The molecule has 2 aromatic carbocycles. The second-order valence-electron chi connectivity index (χ2n) is 4.42. The fraction of sp³-hybridized carbons (Fsp3) is 0.250. The van der Waals surface area contributed by atoms with Crippen molar-refractivity contribution < 1.29 is 9.84 Å². The van der Waals surface area contributed by atoms with E-state index in [-0.39, 0.29) is 5.92 Å². The minimum absolute atomic E-state index is 0.0540. The summed E-state index contributed by atoms with van der Waals surface area (Å²) in [5.74, 6) is 0.887. The molecule has 0 amide bonds. The van der Waals surface area contributed by atoms with Crippen LogP contribution in [0, 0.1) is 0 Å². The Hall–Kier alpha value is -1.80. The van der Waals surface area contributed by atoms with Crippen LogP contribution < -0.4 is 4.74 Å². The fourth-order valence-electron chi connectivity index (χ4n) is 2.03. The van der Waals surface area contributed by atoms with Gasteiger partial charge in [-0.3, -0.25) is 0 Å².